The Kier molecular flexibility index (Phi) is 3.76. The minimum atomic E-state index is 0.247. The molecule has 3 nitrogen and oxygen atoms in total. The summed E-state index contributed by atoms with van der Waals surface area (Å²) in [5.74, 6) is 0. The van der Waals surface area contributed by atoms with Crippen molar-refractivity contribution in [3.05, 3.63) is 0 Å². The zero-order valence-electron chi connectivity index (χ0n) is 11.4. The topological polar surface area (TPSA) is 32.3 Å². The van der Waals surface area contributed by atoms with E-state index in [1.807, 2.05) is 0 Å². The lowest BCUT2D eigenvalue weighted by Crippen LogP contribution is -2.50. The summed E-state index contributed by atoms with van der Waals surface area (Å²) in [5.41, 5.74) is 0. The molecule has 0 atom stereocenters. The van der Waals surface area contributed by atoms with E-state index in [0.29, 0.717) is 18.1 Å². The maximum atomic E-state index is 12.5. The van der Waals surface area contributed by atoms with Gasteiger partial charge in [0.05, 0.1) is 0 Å². The largest absolute Gasteiger partial charge is 0.335 e. The lowest BCUT2D eigenvalue weighted by Gasteiger charge is -2.32. The number of rotatable bonds is 3. The predicted molar refractivity (Wildman–Crippen MR) is 72.5 cm³/mol. The molecule has 0 bridgehead atoms. The molecule has 0 aromatic rings. The lowest BCUT2D eigenvalue weighted by molar-refractivity contribution is 0.164. The van der Waals surface area contributed by atoms with Crippen LogP contribution in [0.4, 0.5) is 4.79 Å². The molecule has 0 spiro atoms. The van der Waals surface area contributed by atoms with Crippen molar-refractivity contribution >= 4 is 6.03 Å². The highest BCUT2D eigenvalue weighted by molar-refractivity contribution is 5.75. The van der Waals surface area contributed by atoms with Crippen molar-refractivity contribution in [2.75, 3.05) is 0 Å². The Morgan fingerprint density at radius 2 is 1.33 bits per heavy atom. The third-order valence-electron chi connectivity index (χ3n) is 4.83. The minimum Gasteiger partial charge on any atom is -0.335 e. The van der Waals surface area contributed by atoms with Crippen LogP contribution in [0, 0.1) is 0 Å². The van der Waals surface area contributed by atoms with Crippen molar-refractivity contribution in [3.63, 3.8) is 0 Å². The molecule has 3 fully saturated rings. The van der Waals surface area contributed by atoms with Gasteiger partial charge in [-0.3, -0.25) is 0 Å². The van der Waals surface area contributed by atoms with E-state index in [2.05, 4.69) is 10.2 Å². The van der Waals surface area contributed by atoms with Crippen LogP contribution in [0.1, 0.15) is 70.6 Å². The van der Waals surface area contributed by atoms with Gasteiger partial charge in [-0.1, -0.05) is 32.1 Å². The molecule has 3 heteroatoms. The summed E-state index contributed by atoms with van der Waals surface area (Å²) in [4.78, 5) is 14.7. The van der Waals surface area contributed by atoms with Crippen molar-refractivity contribution in [3.8, 4) is 0 Å². The maximum Gasteiger partial charge on any atom is 0.318 e. The number of urea groups is 1. The van der Waals surface area contributed by atoms with Gasteiger partial charge in [-0.2, -0.15) is 0 Å². The van der Waals surface area contributed by atoms with Crippen LogP contribution in [-0.2, 0) is 0 Å². The molecule has 0 saturated heterocycles. The fourth-order valence-electron chi connectivity index (χ4n) is 3.66. The number of carbonyl (C=O) groups excluding carboxylic acids is 1. The summed E-state index contributed by atoms with van der Waals surface area (Å²) in [6.45, 7) is 0. The van der Waals surface area contributed by atoms with Gasteiger partial charge in [-0.05, 0) is 38.5 Å². The van der Waals surface area contributed by atoms with Crippen LogP contribution < -0.4 is 5.32 Å². The van der Waals surface area contributed by atoms with Gasteiger partial charge in [-0.25, -0.2) is 4.79 Å². The number of carbonyl (C=O) groups is 1. The van der Waals surface area contributed by atoms with Crippen LogP contribution in [0.25, 0.3) is 0 Å². The summed E-state index contributed by atoms with van der Waals surface area (Å²) < 4.78 is 0. The second kappa shape index (κ2) is 5.50. The van der Waals surface area contributed by atoms with Gasteiger partial charge < -0.3 is 10.2 Å². The molecule has 3 aliphatic carbocycles. The Bertz CT molecular complexity index is 289. The van der Waals surface area contributed by atoms with Crippen molar-refractivity contribution in [1.29, 1.82) is 0 Å². The van der Waals surface area contributed by atoms with E-state index in [1.165, 1.54) is 70.6 Å². The molecule has 18 heavy (non-hydrogen) atoms. The van der Waals surface area contributed by atoms with Gasteiger partial charge in [0, 0.05) is 18.1 Å². The number of nitrogens with zero attached hydrogens (tertiary/aromatic N) is 1. The van der Waals surface area contributed by atoms with Crippen molar-refractivity contribution < 1.29 is 4.79 Å². The second-order valence-electron chi connectivity index (χ2n) is 6.36. The van der Waals surface area contributed by atoms with Gasteiger partial charge in [0.15, 0.2) is 0 Å². The minimum absolute atomic E-state index is 0.247. The summed E-state index contributed by atoms with van der Waals surface area (Å²) in [5, 5.41) is 3.30. The summed E-state index contributed by atoms with van der Waals surface area (Å²) in [6.07, 6.45) is 13.8. The van der Waals surface area contributed by atoms with E-state index in [0.717, 1.165) is 0 Å². The summed E-state index contributed by atoms with van der Waals surface area (Å²) >= 11 is 0. The molecule has 102 valence electrons. The van der Waals surface area contributed by atoms with Gasteiger partial charge in [-0.15, -0.1) is 0 Å². The van der Waals surface area contributed by atoms with E-state index in [1.54, 1.807) is 0 Å². The Hall–Kier alpha value is -0.730. The second-order valence-corrected chi connectivity index (χ2v) is 6.36. The van der Waals surface area contributed by atoms with Crippen molar-refractivity contribution in [2.45, 2.75) is 88.8 Å². The molecule has 3 aliphatic rings. The third-order valence-corrected chi connectivity index (χ3v) is 4.83. The quantitative estimate of drug-likeness (QED) is 0.817. The molecule has 3 rings (SSSR count). The first kappa shape index (κ1) is 12.3. The van der Waals surface area contributed by atoms with Crippen LogP contribution in [0.5, 0.6) is 0 Å². The molecular formula is C15H26N2O. The molecule has 0 heterocycles. The molecule has 0 aromatic heterocycles. The van der Waals surface area contributed by atoms with Crippen LogP contribution in [-0.4, -0.2) is 29.1 Å². The first-order valence-corrected chi connectivity index (χ1v) is 7.93. The van der Waals surface area contributed by atoms with Gasteiger partial charge in [0.25, 0.3) is 0 Å². The average molecular weight is 250 g/mol. The fourth-order valence-corrected chi connectivity index (χ4v) is 3.66. The van der Waals surface area contributed by atoms with E-state index in [4.69, 9.17) is 0 Å². The highest BCUT2D eigenvalue weighted by Gasteiger charge is 2.38. The lowest BCUT2D eigenvalue weighted by atomic mass is 9.96. The molecule has 2 amide bonds. The van der Waals surface area contributed by atoms with E-state index in [9.17, 15) is 4.79 Å². The molecule has 0 radical (unpaired) electrons. The number of amides is 2. The zero-order chi connectivity index (χ0) is 12.4. The number of hydrogen-bond acceptors (Lipinski definition) is 1. The maximum absolute atomic E-state index is 12.5. The molecule has 1 N–H and O–H groups in total. The number of nitrogens with one attached hydrogen (secondary N) is 1. The molecule has 0 aliphatic heterocycles. The third kappa shape index (κ3) is 2.81. The molecule has 3 saturated carbocycles. The van der Waals surface area contributed by atoms with E-state index in [-0.39, 0.29) is 6.03 Å². The Labute approximate surface area is 110 Å². The zero-order valence-corrected chi connectivity index (χ0v) is 11.4. The first-order chi connectivity index (χ1) is 8.84. The predicted octanol–water partition coefficient (Wildman–Crippen LogP) is 3.44. The standard InChI is InChI=1S/C15H26N2O/c18-15(16-12-6-2-1-3-7-12)17(14-10-11-14)13-8-4-5-9-13/h12-14H,1-11H2,(H,16,18). The first-order valence-electron chi connectivity index (χ1n) is 7.93. The molecule has 0 aromatic carbocycles. The van der Waals surface area contributed by atoms with Crippen LogP contribution >= 0.6 is 0 Å². The fraction of sp³-hybridized carbons (Fsp3) is 0.933. The highest BCUT2D eigenvalue weighted by atomic mass is 16.2. The van der Waals surface area contributed by atoms with E-state index < -0.39 is 0 Å². The Morgan fingerprint density at radius 3 is 1.94 bits per heavy atom. The molecular weight excluding hydrogens is 224 g/mol. The normalized spacial score (nSPS) is 26.2. The van der Waals surface area contributed by atoms with E-state index >= 15 is 0 Å². The number of hydrogen-bond donors (Lipinski definition) is 1. The summed E-state index contributed by atoms with van der Waals surface area (Å²) in [7, 11) is 0. The van der Waals surface area contributed by atoms with Crippen LogP contribution in [0.2, 0.25) is 0 Å². The van der Waals surface area contributed by atoms with Crippen LogP contribution in [0.15, 0.2) is 0 Å². The van der Waals surface area contributed by atoms with Gasteiger partial charge in [0.2, 0.25) is 0 Å². The Morgan fingerprint density at radius 1 is 0.778 bits per heavy atom. The van der Waals surface area contributed by atoms with Gasteiger partial charge in [0.1, 0.15) is 0 Å². The van der Waals surface area contributed by atoms with Crippen molar-refractivity contribution in [1.82, 2.24) is 10.2 Å². The smallest absolute Gasteiger partial charge is 0.318 e. The SMILES string of the molecule is O=C(NC1CCCCC1)N(C1CCCC1)C1CC1. The summed E-state index contributed by atoms with van der Waals surface area (Å²) in [6, 6.07) is 1.81. The Balaban J connectivity index is 1.57. The molecule has 0 unspecified atom stereocenters. The monoisotopic (exact) mass is 250 g/mol. The van der Waals surface area contributed by atoms with Gasteiger partial charge >= 0.3 is 6.03 Å². The highest BCUT2D eigenvalue weighted by Crippen LogP contribution is 2.34. The van der Waals surface area contributed by atoms with Crippen LogP contribution in [0.3, 0.4) is 0 Å². The average Bonchev–Trinajstić information content (AvgIpc) is 3.05. The van der Waals surface area contributed by atoms with Crippen molar-refractivity contribution in [2.24, 2.45) is 0 Å².